The molecule has 3 aromatic rings. The number of carbonyl (C=O) groups excluding carboxylic acids is 2. The van der Waals surface area contributed by atoms with Crippen LogP contribution in [0.15, 0.2) is 82.8 Å². The van der Waals surface area contributed by atoms with Gasteiger partial charge in [-0.15, -0.1) is 0 Å². The average molecular weight is 497 g/mol. The van der Waals surface area contributed by atoms with Crippen LogP contribution in [0.4, 0.5) is 15.8 Å². The Kier molecular flexibility index (Phi) is 7.98. The van der Waals surface area contributed by atoms with Crippen molar-refractivity contribution in [3.8, 4) is 0 Å². The topological polar surface area (TPSA) is 108 Å². The smallest absolute Gasteiger partial charge is 0.264 e. The Morgan fingerprint density at radius 1 is 0.971 bits per heavy atom. The summed E-state index contributed by atoms with van der Waals surface area (Å²) in [6.45, 7) is 4.15. The molecule has 35 heavy (non-hydrogen) atoms. The van der Waals surface area contributed by atoms with Crippen LogP contribution in [0.5, 0.6) is 0 Å². The summed E-state index contributed by atoms with van der Waals surface area (Å²) in [5, 5.41) is 6.70. The molecule has 0 spiro atoms. The molecule has 8 nitrogen and oxygen atoms in total. The first kappa shape index (κ1) is 25.6. The molecule has 0 bridgehead atoms. The van der Waals surface area contributed by atoms with Gasteiger partial charge in [-0.2, -0.15) is 5.10 Å². The highest BCUT2D eigenvalue weighted by atomic mass is 32.2. The van der Waals surface area contributed by atoms with Crippen molar-refractivity contribution in [1.82, 2.24) is 5.43 Å². The van der Waals surface area contributed by atoms with Crippen molar-refractivity contribution in [2.45, 2.75) is 25.7 Å². The summed E-state index contributed by atoms with van der Waals surface area (Å²) < 4.78 is 41.9. The molecule has 0 aliphatic rings. The standard InChI is InChI=1S/C25H25FN4O4S/c1-17-11-13-22(14-12-17)35(33,34)30(24-10-5-4-9-23(24)26)16-25(32)29-28-18(2)20-7-6-8-21(15-20)27-19(3)31/h4-15H,16H2,1-3H3,(H,27,31)(H,29,32)/b28-18+. The number of anilines is 2. The molecule has 0 atom stereocenters. The number of amides is 2. The van der Waals surface area contributed by atoms with Crippen LogP contribution in [0.1, 0.15) is 25.0 Å². The summed E-state index contributed by atoms with van der Waals surface area (Å²) in [6, 6.07) is 18.2. The second kappa shape index (κ2) is 10.9. The number of aryl methyl sites for hydroxylation is 1. The Bertz CT molecular complexity index is 1370. The van der Waals surface area contributed by atoms with Gasteiger partial charge in [0.2, 0.25) is 5.91 Å². The number of hydrogen-bond acceptors (Lipinski definition) is 5. The molecule has 3 rings (SSSR count). The number of rotatable bonds is 8. The van der Waals surface area contributed by atoms with Gasteiger partial charge in [0.15, 0.2) is 0 Å². The number of benzene rings is 3. The van der Waals surface area contributed by atoms with Crippen molar-refractivity contribution >= 4 is 38.9 Å². The van der Waals surface area contributed by atoms with E-state index in [2.05, 4.69) is 15.8 Å². The van der Waals surface area contributed by atoms with Crippen molar-refractivity contribution in [2.24, 2.45) is 5.10 Å². The fraction of sp³-hybridized carbons (Fsp3) is 0.160. The molecule has 0 unspecified atom stereocenters. The van der Waals surface area contributed by atoms with Crippen LogP contribution < -0.4 is 15.0 Å². The SMILES string of the molecule is CC(=O)Nc1cccc(/C(C)=N/NC(=O)CN(c2ccccc2F)S(=O)(=O)c2ccc(C)cc2)c1. The third-order valence-corrected chi connectivity index (χ3v) is 6.74. The Morgan fingerprint density at radius 2 is 1.66 bits per heavy atom. The van der Waals surface area contributed by atoms with Crippen LogP contribution in [0.25, 0.3) is 0 Å². The molecule has 0 heterocycles. The summed E-state index contributed by atoms with van der Waals surface area (Å²) in [6.07, 6.45) is 0. The van der Waals surface area contributed by atoms with Gasteiger partial charge in [-0.05, 0) is 55.8 Å². The number of hydrazone groups is 1. The first-order valence-electron chi connectivity index (χ1n) is 10.6. The molecule has 0 aliphatic heterocycles. The predicted octanol–water partition coefficient (Wildman–Crippen LogP) is 3.83. The number of para-hydroxylation sites is 1. The molecule has 3 aromatic carbocycles. The molecule has 0 saturated carbocycles. The molecule has 0 saturated heterocycles. The highest BCUT2D eigenvalue weighted by molar-refractivity contribution is 7.92. The van der Waals surface area contributed by atoms with Gasteiger partial charge in [0, 0.05) is 12.6 Å². The van der Waals surface area contributed by atoms with Crippen molar-refractivity contribution < 1.29 is 22.4 Å². The van der Waals surface area contributed by atoms with Gasteiger partial charge in [-0.25, -0.2) is 18.2 Å². The minimum atomic E-state index is -4.25. The molecule has 2 amide bonds. The molecule has 2 N–H and O–H groups in total. The first-order chi connectivity index (χ1) is 16.6. The second-order valence-corrected chi connectivity index (χ2v) is 9.63. The van der Waals surface area contributed by atoms with Gasteiger partial charge in [0.05, 0.1) is 16.3 Å². The van der Waals surface area contributed by atoms with Crippen molar-refractivity contribution in [1.29, 1.82) is 0 Å². The fourth-order valence-corrected chi connectivity index (χ4v) is 4.62. The summed E-state index contributed by atoms with van der Waals surface area (Å²) in [7, 11) is -4.25. The Labute approximate surface area is 203 Å². The number of sulfonamides is 1. The summed E-state index contributed by atoms with van der Waals surface area (Å²) >= 11 is 0. The Morgan fingerprint density at radius 3 is 2.31 bits per heavy atom. The minimum absolute atomic E-state index is 0.0754. The maximum absolute atomic E-state index is 14.6. The monoisotopic (exact) mass is 496 g/mol. The van der Waals surface area contributed by atoms with Crippen molar-refractivity contribution in [3.63, 3.8) is 0 Å². The van der Waals surface area contributed by atoms with Gasteiger partial charge >= 0.3 is 0 Å². The summed E-state index contributed by atoms with van der Waals surface area (Å²) in [4.78, 5) is 23.9. The predicted molar refractivity (Wildman–Crippen MR) is 133 cm³/mol. The van der Waals surface area contributed by atoms with Crippen LogP contribution in [0.3, 0.4) is 0 Å². The van der Waals surface area contributed by atoms with E-state index in [1.54, 1.807) is 43.3 Å². The van der Waals surface area contributed by atoms with Crippen LogP contribution >= 0.6 is 0 Å². The van der Waals surface area contributed by atoms with Gasteiger partial charge < -0.3 is 5.32 Å². The highest BCUT2D eigenvalue weighted by Gasteiger charge is 2.29. The number of hydrogen-bond donors (Lipinski definition) is 2. The zero-order chi connectivity index (χ0) is 25.6. The zero-order valence-electron chi connectivity index (χ0n) is 19.4. The molecule has 0 fully saturated rings. The second-order valence-electron chi connectivity index (χ2n) is 7.77. The molecule has 0 aromatic heterocycles. The lowest BCUT2D eigenvalue weighted by Crippen LogP contribution is -2.40. The van der Waals surface area contributed by atoms with E-state index in [1.165, 1.54) is 37.3 Å². The van der Waals surface area contributed by atoms with Gasteiger partial charge in [-0.1, -0.05) is 42.0 Å². The van der Waals surface area contributed by atoms with E-state index in [-0.39, 0.29) is 16.5 Å². The number of carbonyl (C=O) groups is 2. The number of nitrogens with one attached hydrogen (secondary N) is 2. The van der Waals surface area contributed by atoms with Crippen molar-refractivity contribution in [3.05, 3.63) is 89.7 Å². The number of halogens is 1. The Balaban J connectivity index is 1.85. The van der Waals surface area contributed by atoms with Crippen LogP contribution in [0, 0.1) is 12.7 Å². The summed E-state index contributed by atoms with van der Waals surface area (Å²) in [5.41, 5.74) is 4.54. The molecular formula is C25H25FN4O4S. The number of nitrogens with zero attached hydrogens (tertiary/aromatic N) is 2. The fourth-order valence-electron chi connectivity index (χ4n) is 3.19. The van der Waals surface area contributed by atoms with Gasteiger partial charge in [-0.3, -0.25) is 13.9 Å². The zero-order valence-corrected chi connectivity index (χ0v) is 20.3. The van der Waals surface area contributed by atoms with E-state index in [0.717, 1.165) is 11.6 Å². The van der Waals surface area contributed by atoms with E-state index >= 15 is 0 Å². The third-order valence-electron chi connectivity index (χ3n) is 4.97. The molecule has 182 valence electrons. The molecule has 0 aliphatic carbocycles. The normalized spacial score (nSPS) is 11.6. The molecular weight excluding hydrogens is 471 g/mol. The maximum Gasteiger partial charge on any atom is 0.264 e. The Hall–Kier alpha value is -4.05. The van der Waals surface area contributed by atoms with E-state index < -0.39 is 28.3 Å². The van der Waals surface area contributed by atoms with Crippen LogP contribution in [-0.2, 0) is 19.6 Å². The lowest BCUT2D eigenvalue weighted by atomic mass is 10.1. The van der Waals surface area contributed by atoms with E-state index in [9.17, 15) is 22.4 Å². The summed E-state index contributed by atoms with van der Waals surface area (Å²) in [5.74, 6) is -1.78. The van der Waals surface area contributed by atoms with Gasteiger partial charge in [0.25, 0.3) is 15.9 Å². The quantitative estimate of drug-likeness (QED) is 0.365. The highest BCUT2D eigenvalue weighted by Crippen LogP contribution is 2.26. The third kappa shape index (κ3) is 6.51. The van der Waals surface area contributed by atoms with Crippen LogP contribution in [0.2, 0.25) is 0 Å². The van der Waals surface area contributed by atoms with E-state index in [0.29, 0.717) is 21.3 Å². The lowest BCUT2D eigenvalue weighted by molar-refractivity contribution is -0.119. The molecule has 0 radical (unpaired) electrons. The molecule has 10 heteroatoms. The van der Waals surface area contributed by atoms with Crippen LogP contribution in [-0.4, -0.2) is 32.5 Å². The van der Waals surface area contributed by atoms with E-state index in [1.807, 2.05) is 6.92 Å². The lowest BCUT2D eigenvalue weighted by Gasteiger charge is -2.24. The maximum atomic E-state index is 14.6. The average Bonchev–Trinajstić information content (AvgIpc) is 2.81. The largest absolute Gasteiger partial charge is 0.326 e. The minimum Gasteiger partial charge on any atom is -0.326 e. The van der Waals surface area contributed by atoms with Crippen molar-refractivity contribution in [2.75, 3.05) is 16.2 Å². The van der Waals surface area contributed by atoms with E-state index in [4.69, 9.17) is 0 Å². The van der Waals surface area contributed by atoms with Gasteiger partial charge in [0.1, 0.15) is 12.4 Å². The first-order valence-corrected chi connectivity index (χ1v) is 12.1.